The molecule has 3 N–H and O–H groups in total. The van der Waals surface area contributed by atoms with E-state index in [9.17, 15) is 9.90 Å². The predicted octanol–water partition coefficient (Wildman–Crippen LogP) is 5.22. The second kappa shape index (κ2) is 7.95. The van der Waals surface area contributed by atoms with E-state index >= 15 is 0 Å². The molecule has 3 heterocycles. The van der Waals surface area contributed by atoms with Crippen molar-refractivity contribution in [2.24, 2.45) is 0 Å². The average molecular weight is 458 g/mol. The molecular weight excluding hydrogens is 430 g/mol. The molecule has 0 spiro atoms. The number of hydrogen-bond acceptors (Lipinski definition) is 6. The highest BCUT2D eigenvalue weighted by Gasteiger charge is 2.32. The van der Waals surface area contributed by atoms with Crippen LogP contribution in [0.4, 0.5) is 5.82 Å². The van der Waals surface area contributed by atoms with Gasteiger partial charge in [-0.3, -0.25) is 4.98 Å². The fourth-order valence-corrected chi connectivity index (χ4v) is 4.76. The molecular formula is C27H27N3O4. The first-order valence-corrected chi connectivity index (χ1v) is 11.3. The summed E-state index contributed by atoms with van der Waals surface area (Å²) in [5, 5.41) is 12.0. The van der Waals surface area contributed by atoms with Gasteiger partial charge in [0.2, 0.25) is 0 Å². The third kappa shape index (κ3) is 3.72. The highest BCUT2D eigenvalue weighted by Crippen LogP contribution is 2.44. The molecule has 1 aliphatic heterocycles. The summed E-state index contributed by atoms with van der Waals surface area (Å²) in [5.74, 6) is 0.130. The number of ether oxygens (including phenoxy) is 2. The molecule has 34 heavy (non-hydrogen) atoms. The van der Waals surface area contributed by atoms with E-state index in [4.69, 9.17) is 20.2 Å². The van der Waals surface area contributed by atoms with Crippen molar-refractivity contribution in [2.45, 2.75) is 45.8 Å². The summed E-state index contributed by atoms with van der Waals surface area (Å²) in [6.45, 7) is 8.05. The van der Waals surface area contributed by atoms with Crippen molar-refractivity contribution in [1.29, 1.82) is 0 Å². The van der Waals surface area contributed by atoms with Crippen LogP contribution >= 0.6 is 0 Å². The highest BCUT2D eigenvalue weighted by molar-refractivity contribution is 6.08. The topological polar surface area (TPSA) is 108 Å². The third-order valence-electron chi connectivity index (χ3n) is 6.06. The molecule has 0 amide bonds. The van der Waals surface area contributed by atoms with Gasteiger partial charge in [-0.25, -0.2) is 9.78 Å². The number of aryl methyl sites for hydroxylation is 1. The Hall–Kier alpha value is -3.71. The molecule has 4 aromatic rings. The zero-order valence-electron chi connectivity index (χ0n) is 19.7. The van der Waals surface area contributed by atoms with Crippen molar-refractivity contribution in [3.8, 4) is 16.9 Å². The van der Waals surface area contributed by atoms with Crippen molar-refractivity contribution < 1.29 is 19.4 Å². The van der Waals surface area contributed by atoms with Gasteiger partial charge in [-0.05, 0) is 80.8 Å². The number of aromatic nitrogens is 2. The Morgan fingerprint density at radius 2 is 2.00 bits per heavy atom. The number of rotatable bonds is 4. The molecule has 7 nitrogen and oxygen atoms in total. The fourth-order valence-electron chi connectivity index (χ4n) is 4.76. The molecule has 0 bridgehead atoms. The Balaban J connectivity index is 1.91. The van der Waals surface area contributed by atoms with Crippen molar-refractivity contribution in [1.82, 2.24) is 9.97 Å². The molecule has 0 saturated carbocycles. The van der Waals surface area contributed by atoms with Crippen molar-refractivity contribution >= 4 is 33.6 Å². The first-order valence-electron chi connectivity index (χ1n) is 11.3. The summed E-state index contributed by atoms with van der Waals surface area (Å²) >= 11 is 0. The van der Waals surface area contributed by atoms with E-state index < -0.39 is 17.7 Å². The first-order chi connectivity index (χ1) is 16.1. The summed E-state index contributed by atoms with van der Waals surface area (Å²) in [6.07, 6.45) is 1.41. The number of nitrogens with two attached hydrogens (primary N) is 1. The normalized spacial score (nSPS) is 14.2. The van der Waals surface area contributed by atoms with E-state index in [1.807, 2.05) is 58.0 Å². The van der Waals surface area contributed by atoms with Crippen LogP contribution in [-0.2, 0) is 16.0 Å². The van der Waals surface area contributed by atoms with Gasteiger partial charge in [0.15, 0.2) is 6.10 Å². The second-order valence-electron chi connectivity index (χ2n) is 9.64. The molecule has 7 heteroatoms. The van der Waals surface area contributed by atoms with Crippen LogP contribution in [0.5, 0.6) is 5.75 Å². The number of benzene rings is 2. The monoisotopic (exact) mass is 457 g/mol. The number of fused-ring (bicyclic) bond motifs is 1. The van der Waals surface area contributed by atoms with Gasteiger partial charge in [-0.1, -0.05) is 0 Å². The van der Waals surface area contributed by atoms with Gasteiger partial charge in [-0.15, -0.1) is 0 Å². The van der Waals surface area contributed by atoms with Gasteiger partial charge in [0.25, 0.3) is 0 Å². The minimum absolute atomic E-state index is 0.398. The largest absolute Gasteiger partial charge is 0.493 e. The number of nitrogen functional groups attached to an aromatic ring is 1. The van der Waals surface area contributed by atoms with Crippen molar-refractivity contribution in [3.05, 3.63) is 59.3 Å². The molecule has 1 unspecified atom stereocenters. The van der Waals surface area contributed by atoms with E-state index in [0.717, 1.165) is 50.7 Å². The summed E-state index contributed by atoms with van der Waals surface area (Å²) in [5.41, 5.74) is 10.8. The number of nitrogens with zero attached hydrogens (tertiary/aromatic N) is 2. The maximum atomic E-state index is 12.5. The second-order valence-corrected chi connectivity index (χ2v) is 9.64. The van der Waals surface area contributed by atoms with E-state index in [1.54, 1.807) is 12.3 Å². The molecule has 0 aliphatic carbocycles. The molecule has 0 fully saturated rings. The maximum Gasteiger partial charge on any atom is 0.337 e. The Kier molecular flexibility index (Phi) is 5.17. The van der Waals surface area contributed by atoms with Crippen molar-refractivity contribution in [3.63, 3.8) is 0 Å². The zero-order valence-corrected chi connectivity index (χ0v) is 19.7. The Morgan fingerprint density at radius 3 is 2.74 bits per heavy atom. The summed E-state index contributed by atoms with van der Waals surface area (Å²) in [4.78, 5) is 21.8. The van der Waals surface area contributed by atoms with Crippen LogP contribution in [-0.4, -0.2) is 33.3 Å². The summed E-state index contributed by atoms with van der Waals surface area (Å²) in [7, 11) is 0. The SMILES string of the molecule is Cc1cc2nc(N)ccc2c(-c2ccc3c4c(ccnc24)CCO3)c1C(OC(C)(C)C)C(=O)O. The molecule has 1 atom stereocenters. The Labute approximate surface area is 197 Å². The lowest BCUT2D eigenvalue weighted by molar-refractivity contribution is -0.160. The lowest BCUT2D eigenvalue weighted by Gasteiger charge is -2.29. The quantitative estimate of drug-likeness (QED) is 0.433. The zero-order chi connectivity index (χ0) is 24.2. The Morgan fingerprint density at radius 1 is 1.21 bits per heavy atom. The lowest BCUT2D eigenvalue weighted by atomic mass is 9.86. The molecule has 2 aromatic carbocycles. The smallest absolute Gasteiger partial charge is 0.337 e. The number of carboxylic acids is 1. The predicted molar refractivity (Wildman–Crippen MR) is 132 cm³/mol. The van der Waals surface area contributed by atoms with Gasteiger partial charge < -0.3 is 20.3 Å². The third-order valence-corrected chi connectivity index (χ3v) is 6.06. The number of aliphatic carboxylic acids is 1. The number of anilines is 1. The number of carbonyl (C=O) groups is 1. The molecule has 1 aliphatic rings. The number of hydrogen-bond donors (Lipinski definition) is 2. The molecule has 5 rings (SSSR count). The van der Waals surface area contributed by atoms with Gasteiger partial charge in [0, 0.05) is 34.5 Å². The Bertz CT molecular complexity index is 1450. The van der Waals surface area contributed by atoms with Gasteiger partial charge >= 0.3 is 5.97 Å². The van der Waals surface area contributed by atoms with Crippen LogP contribution in [0.15, 0.2) is 42.6 Å². The van der Waals surface area contributed by atoms with E-state index in [-0.39, 0.29) is 0 Å². The van der Waals surface area contributed by atoms with Crippen LogP contribution in [0.25, 0.3) is 32.9 Å². The van der Waals surface area contributed by atoms with Gasteiger partial charge in [0.1, 0.15) is 11.6 Å². The van der Waals surface area contributed by atoms with Crippen LogP contribution in [0.3, 0.4) is 0 Å². The summed E-state index contributed by atoms with van der Waals surface area (Å²) in [6, 6.07) is 11.4. The van der Waals surface area contributed by atoms with E-state index in [1.165, 1.54) is 0 Å². The average Bonchev–Trinajstić information content (AvgIpc) is 2.77. The van der Waals surface area contributed by atoms with Gasteiger partial charge in [0.05, 0.1) is 23.2 Å². The minimum atomic E-state index is -1.18. The molecule has 174 valence electrons. The highest BCUT2D eigenvalue weighted by atomic mass is 16.5. The lowest BCUT2D eigenvalue weighted by Crippen LogP contribution is -2.28. The van der Waals surface area contributed by atoms with Crippen molar-refractivity contribution in [2.75, 3.05) is 12.3 Å². The number of carboxylic acid groups (broad SMARTS) is 1. The summed E-state index contributed by atoms with van der Waals surface area (Å²) < 4.78 is 12.0. The molecule has 0 radical (unpaired) electrons. The molecule has 0 saturated heterocycles. The van der Waals surface area contributed by atoms with E-state index in [2.05, 4.69) is 4.98 Å². The van der Waals surface area contributed by atoms with E-state index in [0.29, 0.717) is 23.5 Å². The van der Waals surface area contributed by atoms with Gasteiger partial charge in [-0.2, -0.15) is 0 Å². The fraction of sp³-hybridized carbons (Fsp3) is 0.296. The standard InChI is InChI=1S/C27H27N3O4/c1-14-13-18-16(6-8-20(28)30-18)23(21(14)25(26(31)32)34-27(2,3)4)17-5-7-19-22-15(10-12-33-19)9-11-29-24(17)22/h5-9,11,13,25H,10,12H2,1-4H3,(H2,28,30)(H,31,32). The minimum Gasteiger partial charge on any atom is -0.493 e. The first kappa shape index (κ1) is 22.1. The van der Waals surface area contributed by atoms with Crippen LogP contribution in [0.1, 0.15) is 43.6 Å². The number of pyridine rings is 2. The molecule has 2 aromatic heterocycles. The van der Waals surface area contributed by atoms with Crippen LogP contribution in [0, 0.1) is 6.92 Å². The maximum absolute atomic E-state index is 12.5. The van der Waals surface area contributed by atoms with Crippen LogP contribution in [0.2, 0.25) is 0 Å². The van der Waals surface area contributed by atoms with Crippen LogP contribution < -0.4 is 10.5 Å².